The Bertz CT molecular complexity index is 265. The maximum Gasteiger partial charge on any atom is 0.232 e. The van der Waals surface area contributed by atoms with Crippen molar-refractivity contribution in [3.8, 4) is 0 Å². The Morgan fingerprint density at radius 1 is 1.19 bits per heavy atom. The van der Waals surface area contributed by atoms with E-state index in [0.717, 1.165) is 6.42 Å². The highest BCUT2D eigenvalue weighted by molar-refractivity contribution is 5.96. The van der Waals surface area contributed by atoms with Gasteiger partial charge in [-0.3, -0.25) is 14.9 Å². The summed E-state index contributed by atoms with van der Waals surface area (Å²) in [4.78, 5) is 22.7. The zero-order chi connectivity index (χ0) is 12.2. The smallest absolute Gasteiger partial charge is 0.232 e. The molecule has 1 rings (SSSR count). The van der Waals surface area contributed by atoms with Crippen molar-refractivity contribution in [1.29, 1.82) is 0 Å². The van der Waals surface area contributed by atoms with Crippen molar-refractivity contribution in [1.82, 2.24) is 5.32 Å². The zero-order valence-electron chi connectivity index (χ0n) is 10.6. The molecule has 1 aliphatic carbocycles. The largest absolute Gasteiger partial charge is 0.296 e. The molecule has 16 heavy (non-hydrogen) atoms. The van der Waals surface area contributed by atoms with Gasteiger partial charge in [0.1, 0.15) is 0 Å². The van der Waals surface area contributed by atoms with Crippen LogP contribution in [-0.2, 0) is 9.59 Å². The summed E-state index contributed by atoms with van der Waals surface area (Å²) in [6.07, 6.45) is 7.26. The van der Waals surface area contributed by atoms with Crippen molar-refractivity contribution in [2.24, 2.45) is 11.3 Å². The van der Waals surface area contributed by atoms with Gasteiger partial charge in [-0.05, 0) is 12.3 Å². The van der Waals surface area contributed by atoms with E-state index in [1.165, 1.54) is 39.0 Å². The summed E-state index contributed by atoms with van der Waals surface area (Å²) in [7, 11) is 0. The Morgan fingerprint density at radius 3 is 2.25 bits per heavy atom. The summed E-state index contributed by atoms with van der Waals surface area (Å²) in [5.74, 6) is 0.258. The first-order valence-corrected chi connectivity index (χ1v) is 6.24. The van der Waals surface area contributed by atoms with Gasteiger partial charge in [0.05, 0.1) is 0 Å². The number of nitrogens with one attached hydrogen (secondary N) is 1. The van der Waals surface area contributed by atoms with Gasteiger partial charge in [0.15, 0.2) is 0 Å². The van der Waals surface area contributed by atoms with Gasteiger partial charge in [-0.25, -0.2) is 0 Å². The molecule has 1 saturated carbocycles. The van der Waals surface area contributed by atoms with Gasteiger partial charge in [-0.1, -0.05) is 46.0 Å². The van der Waals surface area contributed by atoms with Gasteiger partial charge in [-0.15, -0.1) is 0 Å². The van der Waals surface area contributed by atoms with E-state index in [9.17, 15) is 9.59 Å². The lowest BCUT2D eigenvalue weighted by Crippen LogP contribution is -2.40. The Labute approximate surface area is 98.0 Å². The molecule has 0 bridgehead atoms. The molecule has 0 unspecified atom stereocenters. The normalized spacial score (nSPS) is 18.2. The highest BCUT2D eigenvalue weighted by Gasteiger charge is 2.31. The van der Waals surface area contributed by atoms with E-state index < -0.39 is 5.41 Å². The minimum absolute atomic E-state index is 0.134. The summed E-state index contributed by atoms with van der Waals surface area (Å²) in [6.45, 7) is 5.24. The van der Waals surface area contributed by atoms with Crippen LogP contribution >= 0.6 is 0 Å². The van der Waals surface area contributed by atoms with Crippen molar-refractivity contribution in [3.63, 3.8) is 0 Å². The van der Waals surface area contributed by atoms with Crippen LogP contribution in [0.15, 0.2) is 0 Å². The SMILES string of the molecule is CC(=O)NC(=O)C(C)(C)CC1CCCCC1. The van der Waals surface area contributed by atoms with Crippen LogP contribution in [0.4, 0.5) is 0 Å². The van der Waals surface area contributed by atoms with E-state index in [0.29, 0.717) is 5.92 Å². The average Bonchev–Trinajstić information content (AvgIpc) is 2.17. The molecule has 0 aliphatic heterocycles. The van der Waals surface area contributed by atoms with E-state index in [1.54, 1.807) is 0 Å². The third-order valence-electron chi connectivity index (χ3n) is 3.43. The molecule has 0 aromatic rings. The Balaban J connectivity index is 2.48. The lowest BCUT2D eigenvalue weighted by Gasteiger charge is -2.30. The van der Waals surface area contributed by atoms with Crippen molar-refractivity contribution in [2.75, 3.05) is 0 Å². The van der Waals surface area contributed by atoms with Crippen molar-refractivity contribution in [3.05, 3.63) is 0 Å². The minimum Gasteiger partial charge on any atom is -0.296 e. The molecule has 0 saturated heterocycles. The molecule has 3 heteroatoms. The van der Waals surface area contributed by atoms with E-state index in [4.69, 9.17) is 0 Å². The van der Waals surface area contributed by atoms with Crippen LogP contribution < -0.4 is 5.32 Å². The van der Waals surface area contributed by atoms with Gasteiger partial charge in [0.25, 0.3) is 0 Å². The molecule has 0 radical (unpaired) electrons. The lowest BCUT2D eigenvalue weighted by molar-refractivity contribution is -0.135. The maximum atomic E-state index is 11.8. The molecule has 1 fully saturated rings. The molecule has 0 aromatic carbocycles. The summed E-state index contributed by atoms with van der Waals surface area (Å²) in [5.41, 5.74) is -0.423. The summed E-state index contributed by atoms with van der Waals surface area (Å²) in [6, 6.07) is 0. The van der Waals surface area contributed by atoms with Crippen LogP contribution in [-0.4, -0.2) is 11.8 Å². The molecule has 0 heterocycles. The second-order valence-electron chi connectivity index (χ2n) is 5.60. The van der Waals surface area contributed by atoms with Gasteiger partial charge in [0, 0.05) is 12.3 Å². The minimum atomic E-state index is -0.423. The molecular weight excluding hydrogens is 202 g/mol. The molecule has 0 spiro atoms. The van der Waals surface area contributed by atoms with Crippen LogP contribution in [0, 0.1) is 11.3 Å². The Hall–Kier alpha value is -0.860. The summed E-state index contributed by atoms with van der Waals surface area (Å²) < 4.78 is 0. The van der Waals surface area contributed by atoms with E-state index >= 15 is 0 Å². The van der Waals surface area contributed by atoms with Crippen LogP contribution in [0.3, 0.4) is 0 Å². The van der Waals surface area contributed by atoms with E-state index in [2.05, 4.69) is 5.32 Å². The highest BCUT2D eigenvalue weighted by atomic mass is 16.2. The monoisotopic (exact) mass is 225 g/mol. The fourth-order valence-electron chi connectivity index (χ4n) is 2.53. The maximum absolute atomic E-state index is 11.8. The number of imide groups is 1. The standard InChI is InChI=1S/C13H23NO2/c1-10(15)14-12(16)13(2,3)9-11-7-5-4-6-8-11/h11H,4-9H2,1-3H3,(H,14,15,16). The molecule has 1 N–H and O–H groups in total. The quantitative estimate of drug-likeness (QED) is 0.802. The zero-order valence-corrected chi connectivity index (χ0v) is 10.6. The Kier molecular flexibility index (Phi) is 4.51. The predicted octanol–water partition coefficient (Wildman–Crippen LogP) is 2.65. The van der Waals surface area contributed by atoms with E-state index in [1.807, 2.05) is 13.8 Å². The highest BCUT2D eigenvalue weighted by Crippen LogP contribution is 2.34. The van der Waals surface area contributed by atoms with Gasteiger partial charge in [0.2, 0.25) is 11.8 Å². The lowest BCUT2D eigenvalue weighted by atomic mass is 9.76. The third kappa shape index (κ3) is 3.95. The number of hydrogen-bond donors (Lipinski definition) is 1. The van der Waals surface area contributed by atoms with Crippen LogP contribution in [0.25, 0.3) is 0 Å². The molecule has 0 aromatic heterocycles. The molecular formula is C13H23NO2. The fourth-order valence-corrected chi connectivity index (χ4v) is 2.53. The molecule has 3 nitrogen and oxygen atoms in total. The molecule has 92 valence electrons. The van der Waals surface area contributed by atoms with Crippen molar-refractivity contribution in [2.45, 2.75) is 59.3 Å². The second-order valence-corrected chi connectivity index (χ2v) is 5.60. The number of rotatable bonds is 3. The first-order chi connectivity index (χ1) is 7.42. The first-order valence-electron chi connectivity index (χ1n) is 6.24. The van der Waals surface area contributed by atoms with E-state index in [-0.39, 0.29) is 11.8 Å². The fraction of sp³-hybridized carbons (Fsp3) is 0.846. The van der Waals surface area contributed by atoms with Gasteiger partial charge in [-0.2, -0.15) is 0 Å². The molecule has 1 aliphatic rings. The number of carbonyl (C=O) groups excluding carboxylic acids is 2. The number of amides is 2. The average molecular weight is 225 g/mol. The van der Waals surface area contributed by atoms with Gasteiger partial charge >= 0.3 is 0 Å². The van der Waals surface area contributed by atoms with Crippen LogP contribution in [0.1, 0.15) is 59.3 Å². The summed E-state index contributed by atoms with van der Waals surface area (Å²) >= 11 is 0. The second kappa shape index (κ2) is 5.46. The van der Waals surface area contributed by atoms with Crippen LogP contribution in [0.5, 0.6) is 0 Å². The Morgan fingerprint density at radius 2 is 1.75 bits per heavy atom. The number of hydrogen-bond acceptors (Lipinski definition) is 2. The molecule has 2 amide bonds. The van der Waals surface area contributed by atoms with Crippen molar-refractivity contribution < 1.29 is 9.59 Å². The molecule has 0 atom stereocenters. The summed E-state index contributed by atoms with van der Waals surface area (Å²) in [5, 5.41) is 2.39. The number of carbonyl (C=O) groups is 2. The predicted molar refractivity (Wildman–Crippen MR) is 63.8 cm³/mol. The van der Waals surface area contributed by atoms with Crippen molar-refractivity contribution >= 4 is 11.8 Å². The van der Waals surface area contributed by atoms with Gasteiger partial charge < -0.3 is 0 Å². The van der Waals surface area contributed by atoms with Crippen LogP contribution in [0.2, 0.25) is 0 Å². The topological polar surface area (TPSA) is 46.2 Å². The first kappa shape index (κ1) is 13.2. The third-order valence-corrected chi connectivity index (χ3v) is 3.43.